The van der Waals surface area contributed by atoms with Crippen LogP contribution in [0.2, 0.25) is 5.02 Å². The molecule has 2 aromatic heterocycles. The Kier molecular flexibility index (Phi) is 3.91. The van der Waals surface area contributed by atoms with Crippen LogP contribution in [0.15, 0.2) is 67.1 Å². The van der Waals surface area contributed by atoms with Crippen LogP contribution in [0.5, 0.6) is 5.75 Å². The third-order valence-electron chi connectivity index (χ3n) is 3.81. The number of imidazole rings is 1. The third-order valence-corrected chi connectivity index (χ3v) is 4.13. The standard InChI is InChI=1S/C19H13ClN4O/c20-14-7-6-13(10-16(14)25)17-18(15-8-9-21-11-22-15)24-19(23-17)12-4-2-1-3-5-12/h1-11,25H,(H,23,24). The van der Waals surface area contributed by atoms with Crippen molar-refractivity contribution in [3.8, 4) is 39.8 Å². The van der Waals surface area contributed by atoms with Gasteiger partial charge in [-0.3, -0.25) is 0 Å². The predicted molar refractivity (Wildman–Crippen MR) is 97.2 cm³/mol. The van der Waals surface area contributed by atoms with Crippen LogP contribution in [0.25, 0.3) is 34.0 Å². The molecule has 0 bridgehead atoms. The Labute approximate surface area is 149 Å². The fraction of sp³-hybridized carbons (Fsp3) is 0. The van der Waals surface area contributed by atoms with Crippen LogP contribution in [0, 0.1) is 0 Å². The summed E-state index contributed by atoms with van der Waals surface area (Å²) >= 11 is 5.93. The molecule has 122 valence electrons. The first kappa shape index (κ1) is 15.4. The van der Waals surface area contributed by atoms with Crippen molar-refractivity contribution in [2.24, 2.45) is 0 Å². The minimum absolute atomic E-state index is 0.0112. The Morgan fingerprint density at radius 1 is 0.960 bits per heavy atom. The zero-order valence-electron chi connectivity index (χ0n) is 13.0. The zero-order valence-corrected chi connectivity index (χ0v) is 13.8. The van der Waals surface area contributed by atoms with E-state index >= 15 is 0 Å². The van der Waals surface area contributed by atoms with Crippen molar-refractivity contribution >= 4 is 11.6 Å². The number of halogens is 1. The van der Waals surface area contributed by atoms with Gasteiger partial charge in [-0.05, 0) is 18.2 Å². The molecule has 0 aliphatic carbocycles. The van der Waals surface area contributed by atoms with Crippen LogP contribution >= 0.6 is 11.6 Å². The van der Waals surface area contributed by atoms with Gasteiger partial charge < -0.3 is 10.1 Å². The molecule has 0 fully saturated rings. The molecule has 2 aromatic carbocycles. The topological polar surface area (TPSA) is 74.7 Å². The van der Waals surface area contributed by atoms with Crippen LogP contribution in [0.1, 0.15) is 0 Å². The van der Waals surface area contributed by atoms with Crippen LogP contribution in [-0.2, 0) is 0 Å². The summed E-state index contributed by atoms with van der Waals surface area (Å²) in [4.78, 5) is 16.3. The number of phenols is 1. The Morgan fingerprint density at radius 2 is 1.80 bits per heavy atom. The summed E-state index contributed by atoms with van der Waals surface area (Å²) in [5.41, 5.74) is 3.86. The molecule has 0 spiro atoms. The van der Waals surface area contributed by atoms with Gasteiger partial charge in [0.15, 0.2) is 0 Å². The molecule has 0 unspecified atom stereocenters. The lowest BCUT2D eigenvalue weighted by molar-refractivity contribution is 0.476. The van der Waals surface area contributed by atoms with Gasteiger partial charge in [0.2, 0.25) is 0 Å². The molecule has 0 aliphatic rings. The maximum atomic E-state index is 9.95. The Hall–Kier alpha value is -3.18. The highest BCUT2D eigenvalue weighted by Gasteiger charge is 2.17. The first-order valence-electron chi connectivity index (χ1n) is 7.63. The number of hydrogen-bond acceptors (Lipinski definition) is 4. The zero-order chi connectivity index (χ0) is 17.2. The van der Waals surface area contributed by atoms with Gasteiger partial charge in [-0.25, -0.2) is 15.0 Å². The van der Waals surface area contributed by atoms with E-state index in [1.807, 2.05) is 42.5 Å². The first-order valence-corrected chi connectivity index (χ1v) is 8.01. The highest BCUT2D eigenvalue weighted by atomic mass is 35.5. The van der Waals surface area contributed by atoms with Crippen LogP contribution < -0.4 is 0 Å². The van der Waals surface area contributed by atoms with E-state index in [0.717, 1.165) is 22.6 Å². The lowest BCUT2D eigenvalue weighted by Gasteiger charge is -2.03. The minimum Gasteiger partial charge on any atom is -0.506 e. The van der Waals surface area contributed by atoms with Gasteiger partial charge in [0.05, 0.1) is 22.1 Å². The lowest BCUT2D eigenvalue weighted by Crippen LogP contribution is -1.88. The van der Waals surface area contributed by atoms with Gasteiger partial charge in [0.1, 0.15) is 17.9 Å². The number of benzene rings is 2. The number of aromatic nitrogens is 4. The molecule has 25 heavy (non-hydrogen) atoms. The number of aromatic amines is 1. The second kappa shape index (κ2) is 6.37. The second-order valence-electron chi connectivity index (χ2n) is 5.44. The fourth-order valence-electron chi connectivity index (χ4n) is 2.60. The number of nitrogens with zero attached hydrogens (tertiary/aromatic N) is 3. The highest BCUT2D eigenvalue weighted by Crippen LogP contribution is 2.35. The highest BCUT2D eigenvalue weighted by molar-refractivity contribution is 6.32. The van der Waals surface area contributed by atoms with Crippen molar-refractivity contribution in [3.63, 3.8) is 0 Å². The van der Waals surface area contributed by atoms with Crippen LogP contribution in [0.3, 0.4) is 0 Å². The largest absolute Gasteiger partial charge is 0.506 e. The summed E-state index contributed by atoms with van der Waals surface area (Å²) in [6.07, 6.45) is 3.16. The molecule has 0 atom stereocenters. The molecule has 0 amide bonds. The Morgan fingerprint density at radius 3 is 2.52 bits per heavy atom. The Balaban J connectivity index is 1.92. The van der Waals surface area contributed by atoms with Gasteiger partial charge in [-0.2, -0.15) is 0 Å². The maximum Gasteiger partial charge on any atom is 0.138 e. The summed E-state index contributed by atoms with van der Waals surface area (Å²) in [5, 5.41) is 10.2. The summed E-state index contributed by atoms with van der Waals surface area (Å²) in [5.74, 6) is 0.732. The van der Waals surface area contributed by atoms with Crippen molar-refractivity contribution in [2.75, 3.05) is 0 Å². The normalized spacial score (nSPS) is 10.8. The quantitative estimate of drug-likeness (QED) is 0.569. The molecule has 0 radical (unpaired) electrons. The summed E-state index contributed by atoms with van der Waals surface area (Å²) in [7, 11) is 0. The number of H-pyrrole nitrogens is 1. The average Bonchev–Trinajstić information content (AvgIpc) is 3.11. The number of phenolic OH excluding ortho intramolecular Hbond substituents is 1. The van der Waals surface area contributed by atoms with Crippen molar-refractivity contribution in [2.45, 2.75) is 0 Å². The third kappa shape index (κ3) is 2.97. The van der Waals surface area contributed by atoms with Crippen LogP contribution in [-0.4, -0.2) is 25.0 Å². The second-order valence-corrected chi connectivity index (χ2v) is 5.84. The van der Waals surface area contributed by atoms with Crippen molar-refractivity contribution in [3.05, 3.63) is 72.1 Å². The predicted octanol–water partition coefficient (Wildman–Crippen LogP) is 4.56. The monoisotopic (exact) mass is 348 g/mol. The number of rotatable bonds is 3. The van der Waals surface area contributed by atoms with Crippen LogP contribution in [0.4, 0.5) is 0 Å². The smallest absolute Gasteiger partial charge is 0.138 e. The van der Waals surface area contributed by atoms with E-state index in [9.17, 15) is 5.11 Å². The average molecular weight is 349 g/mol. The number of hydrogen-bond donors (Lipinski definition) is 2. The maximum absolute atomic E-state index is 9.95. The molecule has 0 aliphatic heterocycles. The summed E-state index contributed by atoms with van der Waals surface area (Å²) in [6.45, 7) is 0. The van der Waals surface area contributed by atoms with Gasteiger partial charge >= 0.3 is 0 Å². The van der Waals surface area contributed by atoms with Gasteiger partial charge in [0, 0.05) is 17.3 Å². The molecule has 0 saturated carbocycles. The molecule has 4 aromatic rings. The molecule has 0 saturated heterocycles. The van der Waals surface area contributed by atoms with Crippen molar-refractivity contribution in [1.29, 1.82) is 0 Å². The molecular formula is C19H13ClN4O. The molecule has 2 heterocycles. The fourth-order valence-corrected chi connectivity index (χ4v) is 2.72. The van der Waals surface area contributed by atoms with Crippen molar-refractivity contribution in [1.82, 2.24) is 19.9 Å². The van der Waals surface area contributed by atoms with Crippen molar-refractivity contribution < 1.29 is 5.11 Å². The summed E-state index contributed by atoms with van der Waals surface area (Å²) < 4.78 is 0. The van der Waals surface area contributed by atoms with E-state index in [2.05, 4.69) is 15.0 Å². The molecule has 4 rings (SSSR count). The summed E-state index contributed by atoms with van der Waals surface area (Å²) in [6, 6.07) is 16.7. The number of aromatic hydroxyl groups is 1. The van der Waals surface area contributed by atoms with E-state index in [0.29, 0.717) is 16.4 Å². The van der Waals surface area contributed by atoms with E-state index in [4.69, 9.17) is 16.6 Å². The Bertz CT molecular complexity index is 1020. The van der Waals surface area contributed by atoms with Gasteiger partial charge in [-0.1, -0.05) is 48.0 Å². The van der Waals surface area contributed by atoms with E-state index in [1.165, 1.54) is 6.33 Å². The number of nitrogens with one attached hydrogen (secondary N) is 1. The van der Waals surface area contributed by atoms with Gasteiger partial charge in [0.25, 0.3) is 0 Å². The first-order chi connectivity index (χ1) is 12.2. The van der Waals surface area contributed by atoms with E-state index < -0.39 is 0 Å². The lowest BCUT2D eigenvalue weighted by atomic mass is 10.1. The SMILES string of the molecule is Oc1cc(-c2nc(-c3ccccc3)[nH]c2-c2ccncn2)ccc1Cl. The molecule has 6 heteroatoms. The molecular weight excluding hydrogens is 336 g/mol. The van der Waals surface area contributed by atoms with E-state index in [1.54, 1.807) is 18.3 Å². The van der Waals surface area contributed by atoms with E-state index in [-0.39, 0.29) is 5.75 Å². The minimum atomic E-state index is 0.0112. The van der Waals surface area contributed by atoms with Gasteiger partial charge in [-0.15, -0.1) is 0 Å². The molecule has 2 N–H and O–H groups in total. The molecule has 5 nitrogen and oxygen atoms in total.